The van der Waals surface area contributed by atoms with Gasteiger partial charge in [0.1, 0.15) is 5.82 Å². The number of rotatable bonds is 0. The fraction of sp³-hybridized carbons (Fsp3) is 0.143. The van der Waals surface area contributed by atoms with Crippen molar-refractivity contribution in [1.29, 1.82) is 0 Å². The maximum Gasteiger partial charge on any atom is 0.485 e. The van der Waals surface area contributed by atoms with Crippen LogP contribution in [-0.4, -0.2) is 18.5 Å². The van der Waals surface area contributed by atoms with Gasteiger partial charge in [-0.25, -0.2) is 12.8 Å². The molecule has 1 heterocycles. The highest BCUT2D eigenvalue weighted by atomic mass is 127. The molecular formula is C14H9F4IO3S. The van der Waals surface area contributed by atoms with E-state index in [9.17, 15) is 17.6 Å². The Morgan fingerprint density at radius 1 is 1.00 bits per heavy atom. The first-order chi connectivity index (χ1) is 10.6. The number of fused-ring (bicyclic) bond motifs is 2. The summed E-state index contributed by atoms with van der Waals surface area (Å²) in [6.45, 7) is 0. The Kier molecular flexibility index (Phi) is 5.31. The van der Waals surface area contributed by atoms with E-state index in [1.807, 2.05) is 6.07 Å². The second kappa shape index (κ2) is 6.73. The fourth-order valence-electron chi connectivity index (χ4n) is 1.80. The van der Waals surface area contributed by atoms with E-state index < -0.39 is 15.6 Å². The molecule has 2 aromatic rings. The van der Waals surface area contributed by atoms with E-state index >= 15 is 0 Å². The molecule has 0 fully saturated rings. The van der Waals surface area contributed by atoms with E-state index in [-0.39, 0.29) is 27.0 Å². The van der Waals surface area contributed by atoms with Gasteiger partial charge in [-0.1, -0.05) is 24.3 Å². The predicted molar refractivity (Wildman–Crippen MR) is 68.8 cm³/mol. The third kappa shape index (κ3) is 4.64. The number of hydrogen-bond donors (Lipinski definition) is 0. The highest BCUT2D eigenvalue weighted by molar-refractivity contribution is 7.86. The molecule has 0 aliphatic carbocycles. The van der Waals surface area contributed by atoms with Crippen molar-refractivity contribution in [2.24, 2.45) is 0 Å². The van der Waals surface area contributed by atoms with Gasteiger partial charge in [-0.3, -0.25) is 0 Å². The lowest BCUT2D eigenvalue weighted by Gasteiger charge is -2.08. The van der Waals surface area contributed by atoms with Crippen molar-refractivity contribution < 1.29 is 51.7 Å². The molecule has 2 aromatic carbocycles. The van der Waals surface area contributed by atoms with Crippen LogP contribution in [-0.2, 0) is 16.5 Å². The molecule has 1 aliphatic rings. The van der Waals surface area contributed by atoms with Crippen LogP contribution in [0.25, 0.3) is 0 Å². The van der Waals surface area contributed by atoms with Crippen LogP contribution < -0.4 is 21.2 Å². The normalized spacial score (nSPS) is 13.4. The summed E-state index contributed by atoms with van der Waals surface area (Å²) >= 11 is -0.182. The molecule has 0 atom stereocenters. The maximum absolute atomic E-state index is 13.1. The van der Waals surface area contributed by atoms with Gasteiger partial charge in [0.25, 0.3) is 0 Å². The van der Waals surface area contributed by atoms with Crippen LogP contribution in [0.2, 0.25) is 0 Å². The van der Waals surface area contributed by atoms with Gasteiger partial charge in [0.15, 0.2) is 13.7 Å². The molecule has 23 heavy (non-hydrogen) atoms. The molecule has 0 amide bonds. The second-order valence-electron chi connectivity index (χ2n) is 4.50. The summed E-state index contributed by atoms with van der Waals surface area (Å²) in [4.78, 5) is 0. The smallest absolute Gasteiger partial charge is 0.485 e. The number of benzene rings is 2. The average Bonchev–Trinajstić information content (AvgIpc) is 2.43. The van der Waals surface area contributed by atoms with E-state index in [2.05, 4.69) is 24.3 Å². The summed E-state index contributed by atoms with van der Waals surface area (Å²) in [6, 6.07) is 13.7. The molecule has 0 saturated heterocycles. The average molecular weight is 460 g/mol. The summed E-state index contributed by atoms with van der Waals surface area (Å²) in [7, 11) is -6.09. The number of alkyl halides is 3. The molecule has 0 aromatic heterocycles. The van der Waals surface area contributed by atoms with Crippen molar-refractivity contribution in [2.75, 3.05) is 0 Å². The Hall–Kier alpha value is -1.20. The molecule has 3 nitrogen and oxygen atoms in total. The zero-order chi connectivity index (χ0) is 17.3. The standard InChI is InChI=1S/C13H9FI.CHF3O3S/c14-11-6-5-10-7-9-3-1-2-4-12(9)15-13(10)8-11;2-1(3,4)8(5,6)7/h1-6,8H,7H2;(H,5,6,7)/q+1;/p-1. The summed E-state index contributed by atoms with van der Waals surface area (Å²) in [5.74, 6) is -0.104. The first-order valence-electron chi connectivity index (χ1n) is 6.11. The molecule has 9 heteroatoms. The van der Waals surface area contributed by atoms with Gasteiger partial charge in [0.05, 0.1) is 0 Å². The zero-order valence-corrected chi connectivity index (χ0v) is 14.2. The Morgan fingerprint density at radius 3 is 2.17 bits per heavy atom. The molecule has 0 N–H and O–H groups in total. The molecule has 1 aliphatic heterocycles. The zero-order valence-electron chi connectivity index (χ0n) is 11.3. The van der Waals surface area contributed by atoms with Crippen molar-refractivity contribution >= 4 is 10.1 Å². The molecule has 3 rings (SSSR count). The highest BCUT2D eigenvalue weighted by Crippen LogP contribution is 2.20. The van der Waals surface area contributed by atoms with E-state index in [1.54, 1.807) is 12.1 Å². The first kappa shape index (κ1) is 18.1. The van der Waals surface area contributed by atoms with Crippen LogP contribution in [0.5, 0.6) is 0 Å². The molecule has 0 saturated carbocycles. The largest absolute Gasteiger partial charge is 0.741 e. The molecule has 0 radical (unpaired) electrons. The first-order valence-corrected chi connectivity index (χ1v) is 9.68. The monoisotopic (exact) mass is 460 g/mol. The lowest BCUT2D eigenvalue weighted by Crippen LogP contribution is -3.62. The van der Waals surface area contributed by atoms with Crippen molar-refractivity contribution in [2.45, 2.75) is 11.9 Å². The van der Waals surface area contributed by atoms with Crippen LogP contribution in [0, 0.1) is 13.0 Å². The van der Waals surface area contributed by atoms with Crippen molar-refractivity contribution in [3.63, 3.8) is 0 Å². The minimum atomic E-state index is -6.09. The SMILES string of the molecule is Fc1ccc2c(c1)[I+]c1ccccc1C2.O=S(=O)([O-])C(F)(F)F. The van der Waals surface area contributed by atoms with Crippen LogP contribution in [0.4, 0.5) is 17.6 Å². The Morgan fingerprint density at radius 2 is 1.57 bits per heavy atom. The number of halogens is 5. The third-order valence-electron chi connectivity index (χ3n) is 2.84. The van der Waals surface area contributed by atoms with Crippen molar-refractivity contribution in [3.8, 4) is 0 Å². The summed E-state index contributed by atoms with van der Waals surface area (Å²) in [6.07, 6.45) is 0.964. The number of hydrogen-bond acceptors (Lipinski definition) is 3. The van der Waals surface area contributed by atoms with Gasteiger partial charge in [-0.15, -0.1) is 0 Å². The quantitative estimate of drug-likeness (QED) is 0.204. The minimum Gasteiger partial charge on any atom is -0.741 e. The van der Waals surface area contributed by atoms with Gasteiger partial charge < -0.3 is 4.55 Å². The van der Waals surface area contributed by atoms with Crippen LogP contribution in [0.15, 0.2) is 42.5 Å². The second-order valence-corrected chi connectivity index (χ2v) is 8.73. The Bertz CT molecular complexity index is 819. The third-order valence-corrected chi connectivity index (χ3v) is 6.63. The van der Waals surface area contributed by atoms with Crippen molar-refractivity contribution in [1.82, 2.24) is 0 Å². The fourth-order valence-corrected chi connectivity index (χ4v) is 4.70. The molecule has 124 valence electrons. The molecule has 0 unspecified atom stereocenters. The van der Waals surface area contributed by atoms with Gasteiger partial charge in [0.2, 0.25) is 3.57 Å². The van der Waals surface area contributed by atoms with Crippen LogP contribution >= 0.6 is 0 Å². The highest BCUT2D eigenvalue weighted by Gasteiger charge is 2.37. The van der Waals surface area contributed by atoms with Gasteiger partial charge >= 0.3 is 26.7 Å². The molecular weight excluding hydrogens is 451 g/mol. The van der Waals surface area contributed by atoms with E-state index in [4.69, 9.17) is 13.0 Å². The Balaban J connectivity index is 0.000000207. The summed E-state index contributed by atoms with van der Waals surface area (Å²) < 4.78 is 74.7. The summed E-state index contributed by atoms with van der Waals surface area (Å²) in [5, 5.41) is 0. The van der Waals surface area contributed by atoms with E-state index in [1.165, 1.54) is 18.3 Å². The summed E-state index contributed by atoms with van der Waals surface area (Å²) in [5.41, 5.74) is -2.92. The van der Waals surface area contributed by atoms with Gasteiger partial charge in [-0.05, 0) is 12.1 Å². The van der Waals surface area contributed by atoms with Crippen LogP contribution in [0.1, 0.15) is 11.1 Å². The lowest BCUT2D eigenvalue weighted by molar-refractivity contribution is -0.601. The minimum absolute atomic E-state index is 0.104. The molecule has 0 bridgehead atoms. The maximum atomic E-state index is 13.1. The van der Waals surface area contributed by atoms with Crippen LogP contribution in [0.3, 0.4) is 0 Å². The van der Waals surface area contributed by atoms with Gasteiger partial charge in [0, 0.05) is 23.6 Å². The molecule has 0 spiro atoms. The topological polar surface area (TPSA) is 57.2 Å². The van der Waals surface area contributed by atoms with Crippen molar-refractivity contribution in [3.05, 3.63) is 66.5 Å². The lowest BCUT2D eigenvalue weighted by atomic mass is 10.1. The Labute approximate surface area is 140 Å². The van der Waals surface area contributed by atoms with Gasteiger partial charge in [-0.2, -0.15) is 13.2 Å². The van der Waals surface area contributed by atoms with E-state index in [0.717, 1.165) is 6.42 Å². The predicted octanol–water partition coefficient (Wildman–Crippen LogP) is -0.0903. The van der Waals surface area contributed by atoms with E-state index in [0.29, 0.717) is 0 Å².